The highest BCUT2D eigenvalue weighted by Gasteiger charge is 2.33. The molecule has 0 aliphatic rings. The first-order valence-electron chi connectivity index (χ1n) is 6.09. The summed E-state index contributed by atoms with van der Waals surface area (Å²) in [6, 6.07) is 10.00. The van der Waals surface area contributed by atoms with Gasteiger partial charge in [0.1, 0.15) is 17.2 Å². The van der Waals surface area contributed by atoms with Crippen molar-refractivity contribution in [1.82, 2.24) is 4.98 Å². The Hall–Kier alpha value is -1.94. The van der Waals surface area contributed by atoms with E-state index in [-0.39, 0.29) is 0 Å². The Morgan fingerprint density at radius 3 is 2.58 bits per heavy atom. The van der Waals surface area contributed by atoms with Gasteiger partial charge in [0.05, 0.1) is 19.0 Å². The summed E-state index contributed by atoms with van der Waals surface area (Å²) in [7, 11) is 1.55. The zero-order valence-corrected chi connectivity index (χ0v) is 10.9. The molecule has 1 heterocycles. The van der Waals surface area contributed by atoms with Crippen molar-refractivity contribution in [3.05, 3.63) is 59.7 Å². The number of methoxy groups -OCH3 is 1. The van der Waals surface area contributed by atoms with Gasteiger partial charge in [0.15, 0.2) is 0 Å². The summed E-state index contributed by atoms with van der Waals surface area (Å²) >= 11 is 0. The van der Waals surface area contributed by atoms with Crippen LogP contribution in [0.4, 0.5) is 4.39 Å². The molecule has 100 valence electrons. The van der Waals surface area contributed by atoms with Crippen molar-refractivity contribution in [2.24, 2.45) is 0 Å². The van der Waals surface area contributed by atoms with Crippen molar-refractivity contribution in [2.45, 2.75) is 18.9 Å². The van der Waals surface area contributed by atoms with Crippen LogP contribution in [0.25, 0.3) is 0 Å². The lowest BCUT2D eigenvalue weighted by atomic mass is 9.87. The Kier molecular flexibility index (Phi) is 3.81. The summed E-state index contributed by atoms with van der Waals surface area (Å²) in [4.78, 5) is 3.99. The van der Waals surface area contributed by atoms with Crippen LogP contribution in [0.1, 0.15) is 24.6 Å². The number of para-hydroxylation sites is 1. The number of aromatic nitrogens is 1. The second-order valence-corrected chi connectivity index (χ2v) is 4.28. The van der Waals surface area contributed by atoms with Crippen molar-refractivity contribution in [3.8, 4) is 5.75 Å². The molecule has 1 unspecified atom stereocenters. The van der Waals surface area contributed by atoms with Crippen molar-refractivity contribution in [2.75, 3.05) is 7.11 Å². The molecule has 2 rings (SSSR count). The molecule has 2 aromatic rings. The lowest BCUT2D eigenvalue weighted by Crippen LogP contribution is -2.28. The molecule has 19 heavy (non-hydrogen) atoms. The number of hydrogen-bond donors (Lipinski definition) is 1. The highest BCUT2D eigenvalue weighted by Crippen LogP contribution is 2.37. The van der Waals surface area contributed by atoms with Crippen LogP contribution in [-0.4, -0.2) is 17.2 Å². The average molecular weight is 261 g/mol. The van der Waals surface area contributed by atoms with Crippen LogP contribution in [0.2, 0.25) is 0 Å². The third-order valence-electron chi connectivity index (χ3n) is 3.22. The van der Waals surface area contributed by atoms with Crippen molar-refractivity contribution >= 4 is 0 Å². The first-order valence-corrected chi connectivity index (χ1v) is 6.09. The predicted molar refractivity (Wildman–Crippen MR) is 70.5 cm³/mol. The lowest BCUT2D eigenvalue weighted by Gasteiger charge is -2.28. The topological polar surface area (TPSA) is 42.4 Å². The van der Waals surface area contributed by atoms with Gasteiger partial charge in [-0.05, 0) is 24.6 Å². The second kappa shape index (κ2) is 5.36. The van der Waals surface area contributed by atoms with E-state index in [1.54, 1.807) is 19.2 Å². The average Bonchev–Trinajstić information content (AvgIpc) is 2.47. The minimum Gasteiger partial charge on any atom is -0.496 e. The van der Waals surface area contributed by atoms with Gasteiger partial charge in [-0.3, -0.25) is 4.98 Å². The summed E-state index contributed by atoms with van der Waals surface area (Å²) in [6.07, 6.45) is 1.51. The molecule has 0 radical (unpaired) electrons. The van der Waals surface area contributed by atoms with Gasteiger partial charge >= 0.3 is 0 Å². The van der Waals surface area contributed by atoms with E-state index in [1.807, 2.05) is 19.1 Å². The van der Waals surface area contributed by atoms with E-state index in [0.717, 1.165) is 6.20 Å². The SMILES string of the molecule is CCC(O)(c1ccc(F)cn1)c1ccccc1OC. The molecular weight excluding hydrogens is 245 g/mol. The summed E-state index contributed by atoms with van der Waals surface area (Å²) in [5.41, 5.74) is -0.264. The highest BCUT2D eigenvalue weighted by molar-refractivity contribution is 5.42. The van der Waals surface area contributed by atoms with E-state index < -0.39 is 11.4 Å². The van der Waals surface area contributed by atoms with Gasteiger partial charge in [-0.2, -0.15) is 0 Å². The van der Waals surface area contributed by atoms with Gasteiger partial charge in [-0.15, -0.1) is 0 Å². The Bertz CT molecular complexity index is 556. The van der Waals surface area contributed by atoms with Gasteiger partial charge in [0, 0.05) is 5.56 Å². The summed E-state index contributed by atoms with van der Waals surface area (Å²) in [5.74, 6) is 0.153. The number of rotatable bonds is 4. The smallest absolute Gasteiger partial charge is 0.141 e. The molecule has 4 heteroatoms. The van der Waals surface area contributed by atoms with Gasteiger partial charge < -0.3 is 9.84 Å². The molecule has 0 fully saturated rings. The van der Waals surface area contributed by atoms with E-state index >= 15 is 0 Å². The normalized spacial score (nSPS) is 13.9. The maximum Gasteiger partial charge on any atom is 0.141 e. The molecule has 0 aliphatic carbocycles. The number of halogens is 1. The fourth-order valence-corrected chi connectivity index (χ4v) is 2.12. The minimum absolute atomic E-state index is 0.404. The van der Waals surface area contributed by atoms with E-state index in [2.05, 4.69) is 4.98 Å². The third-order valence-corrected chi connectivity index (χ3v) is 3.22. The Labute approximate surface area is 111 Å². The number of ether oxygens (including phenoxy) is 1. The Morgan fingerprint density at radius 1 is 1.26 bits per heavy atom. The van der Waals surface area contributed by atoms with E-state index in [0.29, 0.717) is 23.4 Å². The maximum atomic E-state index is 13.0. The summed E-state index contributed by atoms with van der Waals surface area (Å²) in [5, 5.41) is 10.9. The summed E-state index contributed by atoms with van der Waals surface area (Å²) in [6.45, 7) is 1.84. The van der Waals surface area contributed by atoms with Crippen LogP contribution in [0.15, 0.2) is 42.6 Å². The highest BCUT2D eigenvalue weighted by atomic mass is 19.1. The largest absolute Gasteiger partial charge is 0.496 e. The molecule has 0 spiro atoms. The number of nitrogens with zero attached hydrogens (tertiary/aromatic N) is 1. The van der Waals surface area contributed by atoms with Crippen LogP contribution in [0.5, 0.6) is 5.75 Å². The van der Waals surface area contributed by atoms with Crippen molar-refractivity contribution < 1.29 is 14.2 Å². The summed E-state index contributed by atoms with van der Waals surface area (Å²) < 4.78 is 18.2. The molecule has 1 atom stereocenters. The van der Waals surface area contributed by atoms with Crippen LogP contribution in [0.3, 0.4) is 0 Å². The molecule has 0 amide bonds. The standard InChI is InChI=1S/C15H16FNO2/c1-3-15(18,14-9-8-11(16)10-17-14)12-6-4-5-7-13(12)19-2/h4-10,18H,3H2,1-2H3. The Balaban J connectivity index is 2.56. The fraction of sp³-hybridized carbons (Fsp3) is 0.267. The molecule has 0 saturated heterocycles. The van der Waals surface area contributed by atoms with Crippen LogP contribution < -0.4 is 4.74 Å². The monoisotopic (exact) mass is 261 g/mol. The zero-order valence-electron chi connectivity index (χ0n) is 10.9. The lowest BCUT2D eigenvalue weighted by molar-refractivity contribution is 0.0690. The molecular formula is C15H16FNO2. The molecule has 1 N–H and O–H groups in total. The predicted octanol–water partition coefficient (Wildman–Crippen LogP) is 2.88. The maximum absolute atomic E-state index is 13.0. The van der Waals surface area contributed by atoms with Crippen molar-refractivity contribution in [3.63, 3.8) is 0 Å². The van der Waals surface area contributed by atoms with E-state index in [1.165, 1.54) is 12.1 Å². The molecule has 3 nitrogen and oxygen atoms in total. The molecule has 1 aromatic carbocycles. The Morgan fingerprint density at radius 2 is 2.00 bits per heavy atom. The molecule has 1 aromatic heterocycles. The number of hydrogen-bond acceptors (Lipinski definition) is 3. The van der Waals surface area contributed by atoms with Crippen LogP contribution in [0, 0.1) is 5.82 Å². The minimum atomic E-state index is -1.29. The van der Waals surface area contributed by atoms with Crippen LogP contribution >= 0.6 is 0 Å². The quantitative estimate of drug-likeness (QED) is 0.920. The number of benzene rings is 1. The van der Waals surface area contributed by atoms with Gasteiger partial charge in [-0.25, -0.2) is 4.39 Å². The first-order chi connectivity index (χ1) is 9.11. The zero-order chi connectivity index (χ0) is 13.9. The second-order valence-electron chi connectivity index (χ2n) is 4.28. The van der Waals surface area contributed by atoms with Gasteiger partial charge in [-0.1, -0.05) is 25.1 Å². The van der Waals surface area contributed by atoms with E-state index in [9.17, 15) is 9.50 Å². The molecule has 0 aliphatic heterocycles. The number of aliphatic hydroxyl groups is 1. The van der Waals surface area contributed by atoms with Crippen LogP contribution in [-0.2, 0) is 5.60 Å². The third kappa shape index (κ3) is 2.44. The van der Waals surface area contributed by atoms with Gasteiger partial charge in [0.2, 0.25) is 0 Å². The molecule has 0 bridgehead atoms. The van der Waals surface area contributed by atoms with Gasteiger partial charge in [0.25, 0.3) is 0 Å². The molecule has 0 saturated carbocycles. The fourth-order valence-electron chi connectivity index (χ4n) is 2.12. The number of pyridine rings is 1. The van der Waals surface area contributed by atoms with E-state index in [4.69, 9.17) is 4.74 Å². The van der Waals surface area contributed by atoms with Crippen molar-refractivity contribution in [1.29, 1.82) is 0 Å². The first kappa shape index (κ1) is 13.5.